The van der Waals surface area contributed by atoms with Gasteiger partial charge >= 0.3 is 5.97 Å². The monoisotopic (exact) mass is 313 g/mol. The second kappa shape index (κ2) is 7.84. The molecule has 1 fully saturated rings. The maximum Gasteiger partial charge on any atom is 0.347 e. The molecule has 0 atom stereocenters. The minimum absolute atomic E-state index is 0.219. The lowest BCUT2D eigenvalue weighted by atomic mass is 10.3. The van der Waals surface area contributed by atoms with Crippen molar-refractivity contribution in [3.8, 4) is 0 Å². The number of aliphatic hydroxyl groups excluding tert-OH is 1. The third-order valence-corrected chi connectivity index (χ3v) is 4.94. The number of aromatic nitrogens is 1. The molecule has 0 unspecified atom stereocenters. The molecule has 2 heterocycles. The van der Waals surface area contributed by atoms with Gasteiger partial charge in [-0.15, -0.1) is 11.3 Å². The van der Waals surface area contributed by atoms with Gasteiger partial charge in [0.2, 0.25) is 0 Å². The van der Waals surface area contributed by atoms with Gasteiger partial charge < -0.3 is 15.1 Å². The number of carboxylic acid groups (broad SMARTS) is 1. The number of aromatic carboxylic acids is 1. The SMILES string of the molecule is CCc1nc(CCN2CCN(CCO)CC2)sc1C(=O)O. The van der Waals surface area contributed by atoms with Crippen molar-refractivity contribution in [2.24, 2.45) is 0 Å². The molecular formula is C14H23N3O3S. The van der Waals surface area contributed by atoms with Crippen LogP contribution in [-0.2, 0) is 12.8 Å². The number of thiazole rings is 1. The highest BCUT2D eigenvalue weighted by molar-refractivity contribution is 7.13. The molecule has 0 radical (unpaired) electrons. The third-order valence-electron chi connectivity index (χ3n) is 3.79. The molecule has 1 aliphatic heterocycles. The van der Waals surface area contributed by atoms with Gasteiger partial charge in [0.15, 0.2) is 0 Å². The summed E-state index contributed by atoms with van der Waals surface area (Å²) in [4.78, 5) is 20.6. The van der Waals surface area contributed by atoms with E-state index in [0.29, 0.717) is 17.0 Å². The number of hydrogen-bond donors (Lipinski definition) is 2. The van der Waals surface area contributed by atoms with Crippen molar-refractivity contribution in [2.75, 3.05) is 45.9 Å². The Labute approximate surface area is 129 Å². The van der Waals surface area contributed by atoms with Crippen molar-refractivity contribution in [3.05, 3.63) is 15.6 Å². The molecule has 1 saturated heterocycles. The molecule has 1 aliphatic rings. The van der Waals surface area contributed by atoms with E-state index in [1.807, 2.05) is 6.92 Å². The van der Waals surface area contributed by atoms with Crippen LogP contribution in [0.1, 0.15) is 27.3 Å². The Morgan fingerprint density at radius 1 is 1.24 bits per heavy atom. The number of nitrogens with zero attached hydrogens (tertiary/aromatic N) is 3. The summed E-state index contributed by atoms with van der Waals surface area (Å²) in [5, 5.41) is 19.0. The molecule has 0 bridgehead atoms. The number of carbonyl (C=O) groups is 1. The van der Waals surface area contributed by atoms with Crippen molar-refractivity contribution in [1.82, 2.24) is 14.8 Å². The standard InChI is InChI=1S/C14H23N3O3S/c1-2-11-13(14(19)20)21-12(15-11)3-4-16-5-7-17(8-6-16)9-10-18/h18H,2-10H2,1H3,(H,19,20). The largest absolute Gasteiger partial charge is 0.477 e. The number of piperazine rings is 1. The van der Waals surface area contributed by atoms with Gasteiger partial charge in [0.25, 0.3) is 0 Å². The molecule has 118 valence electrons. The summed E-state index contributed by atoms with van der Waals surface area (Å²) >= 11 is 1.31. The molecule has 1 aromatic rings. The molecule has 1 aromatic heterocycles. The molecule has 0 aromatic carbocycles. The van der Waals surface area contributed by atoms with Gasteiger partial charge in [-0.25, -0.2) is 9.78 Å². The maximum atomic E-state index is 11.1. The Balaban J connectivity index is 1.82. The Hall–Kier alpha value is -1.02. The minimum atomic E-state index is -0.867. The van der Waals surface area contributed by atoms with Crippen LogP contribution in [0.4, 0.5) is 0 Å². The third kappa shape index (κ3) is 4.47. The fourth-order valence-corrected chi connectivity index (χ4v) is 3.53. The van der Waals surface area contributed by atoms with Gasteiger partial charge in [0, 0.05) is 45.7 Å². The molecule has 2 N–H and O–H groups in total. The summed E-state index contributed by atoms with van der Waals surface area (Å²) < 4.78 is 0. The van der Waals surface area contributed by atoms with Crippen LogP contribution in [-0.4, -0.2) is 76.8 Å². The first-order chi connectivity index (χ1) is 10.1. The number of hydrogen-bond acceptors (Lipinski definition) is 6. The van der Waals surface area contributed by atoms with E-state index in [-0.39, 0.29) is 6.61 Å². The highest BCUT2D eigenvalue weighted by Gasteiger charge is 2.18. The van der Waals surface area contributed by atoms with Crippen molar-refractivity contribution >= 4 is 17.3 Å². The maximum absolute atomic E-state index is 11.1. The van der Waals surface area contributed by atoms with Crippen LogP contribution in [0.5, 0.6) is 0 Å². The van der Waals surface area contributed by atoms with Crippen LogP contribution in [0.25, 0.3) is 0 Å². The Bertz CT molecular complexity index is 470. The lowest BCUT2D eigenvalue weighted by molar-refractivity contribution is 0.0701. The van der Waals surface area contributed by atoms with Crippen LogP contribution < -0.4 is 0 Å². The fraction of sp³-hybridized carbons (Fsp3) is 0.714. The Morgan fingerprint density at radius 2 is 1.86 bits per heavy atom. The van der Waals surface area contributed by atoms with E-state index in [9.17, 15) is 4.79 Å². The molecule has 0 aliphatic carbocycles. The van der Waals surface area contributed by atoms with Crippen molar-refractivity contribution < 1.29 is 15.0 Å². The normalized spacial score (nSPS) is 17.2. The van der Waals surface area contributed by atoms with Gasteiger partial charge in [-0.3, -0.25) is 4.90 Å². The number of aryl methyl sites for hydroxylation is 1. The van der Waals surface area contributed by atoms with E-state index in [4.69, 9.17) is 10.2 Å². The summed E-state index contributed by atoms with van der Waals surface area (Å²) in [5.74, 6) is -0.867. The second-order valence-corrected chi connectivity index (χ2v) is 6.28. The van der Waals surface area contributed by atoms with E-state index in [1.165, 1.54) is 11.3 Å². The van der Waals surface area contributed by atoms with Crippen molar-refractivity contribution in [2.45, 2.75) is 19.8 Å². The molecule has 0 saturated carbocycles. The average Bonchev–Trinajstić information content (AvgIpc) is 2.90. The molecule has 21 heavy (non-hydrogen) atoms. The zero-order valence-electron chi connectivity index (χ0n) is 12.4. The average molecular weight is 313 g/mol. The summed E-state index contributed by atoms with van der Waals surface area (Å²) in [6.07, 6.45) is 1.48. The van der Waals surface area contributed by atoms with E-state index in [0.717, 1.165) is 50.7 Å². The first-order valence-electron chi connectivity index (χ1n) is 7.41. The zero-order chi connectivity index (χ0) is 15.2. The van der Waals surface area contributed by atoms with Crippen LogP contribution in [0, 0.1) is 0 Å². The van der Waals surface area contributed by atoms with Crippen LogP contribution in [0.2, 0.25) is 0 Å². The fourth-order valence-electron chi connectivity index (χ4n) is 2.55. The van der Waals surface area contributed by atoms with E-state index in [1.54, 1.807) is 0 Å². The number of carboxylic acids is 1. The predicted molar refractivity (Wildman–Crippen MR) is 82.1 cm³/mol. The molecule has 0 spiro atoms. The topological polar surface area (TPSA) is 76.9 Å². The highest BCUT2D eigenvalue weighted by Crippen LogP contribution is 2.20. The lowest BCUT2D eigenvalue weighted by Gasteiger charge is -2.34. The first-order valence-corrected chi connectivity index (χ1v) is 8.23. The predicted octanol–water partition coefficient (Wildman–Crippen LogP) is 0.556. The first kappa shape index (κ1) is 16.4. The van der Waals surface area contributed by atoms with Crippen molar-refractivity contribution in [1.29, 1.82) is 0 Å². The van der Waals surface area contributed by atoms with Gasteiger partial charge in [-0.1, -0.05) is 6.92 Å². The lowest BCUT2D eigenvalue weighted by Crippen LogP contribution is -2.47. The highest BCUT2D eigenvalue weighted by atomic mass is 32.1. The van der Waals surface area contributed by atoms with Gasteiger partial charge in [-0.2, -0.15) is 0 Å². The molecule has 7 heteroatoms. The zero-order valence-corrected chi connectivity index (χ0v) is 13.2. The van der Waals surface area contributed by atoms with Crippen molar-refractivity contribution in [3.63, 3.8) is 0 Å². The summed E-state index contributed by atoms with van der Waals surface area (Å²) in [6, 6.07) is 0. The van der Waals surface area contributed by atoms with Crippen LogP contribution >= 0.6 is 11.3 Å². The van der Waals surface area contributed by atoms with Crippen LogP contribution in [0.15, 0.2) is 0 Å². The Kier molecular flexibility index (Phi) is 6.10. The molecule has 6 nitrogen and oxygen atoms in total. The van der Waals surface area contributed by atoms with Crippen LogP contribution in [0.3, 0.4) is 0 Å². The number of rotatable bonds is 7. The molecular weight excluding hydrogens is 290 g/mol. The summed E-state index contributed by atoms with van der Waals surface area (Å²) in [6.45, 7) is 7.79. The number of aliphatic hydroxyl groups is 1. The second-order valence-electron chi connectivity index (χ2n) is 5.20. The van der Waals surface area contributed by atoms with E-state index < -0.39 is 5.97 Å². The minimum Gasteiger partial charge on any atom is -0.477 e. The van der Waals surface area contributed by atoms with E-state index in [2.05, 4.69) is 14.8 Å². The number of β-amino-alcohol motifs (C(OH)–C–C–N with tert-alkyl or cyclic N) is 1. The van der Waals surface area contributed by atoms with Gasteiger partial charge in [-0.05, 0) is 6.42 Å². The van der Waals surface area contributed by atoms with Gasteiger partial charge in [0.1, 0.15) is 4.88 Å². The summed E-state index contributed by atoms with van der Waals surface area (Å²) in [7, 11) is 0. The molecule has 0 amide bonds. The van der Waals surface area contributed by atoms with Gasteiger partial charge in [0.05, 0.1) is 17.3 Å². The Morgan fingerprint density at radius 3 is 2.33 bits per heavy atom. The molecule has 2 rings (SSSR count). The smallest absolute Gasteiger partial charge is 0.347 e. The quantitative estimate of drug-likeness (QED) is 0.766. The summed E-state index contributed by atoms with van der Waals surface area (Å²) in [5.41, 5.74) is 0.704. The van der Waals surface area contributed by atoms with E-state index >= 15 is 0 Å².